The van der Waals surface area contributed by atoms with Crippen LogP contribution in [-0.4, -0.2) is 53.0 Å². The van der Waals surface area contributed by atoms with E-state index in [4.69, 9.17) is 14.9 Å². The molecule has 14 heavy (non-hydrogen) atoms. The van der Waals surface area contributed by atoms with E-state index in [1.807, 2.05) is 0 Å². The third-order valence-electron chi connectivity index (χ3n) is 2.16. The lowest BCUT2D eigenvalue weighted by atomic mass is 10.2. The number of aliphatic carboxylic acids is 1. The van der Waals surface area contributed by atoms with Gasteiger partial charge in [0.25, 0.3) is 0 Å². The Labute approximate surface area is 81.1 Å². The summed E-state index contributed by atoms with van der Waals surface area (Å²) < 4.78 is 4.85. The molecule has 1 fully saturated rings. The SMILES string of the molecule is O=C(O)COC[C@@H]1CCCN1C(=O)O. The van der Waals surface area contributed by atoms with Crippen molar-refractivity contribution in [3.63, 3.8) is 0 Å². The number of nitrogens with zero attached hydrogens (tertiary/aromatic N) is 1. The molecule has 0 aliphatic carbocycles. The Morgan fingerprint density at radius 3 is 2.71 bits per heavy atom. The number of hydrogen-bond acceptors (Lipinski definition) is 3. The van der Waals surface area contributed by atoms with E-state index >= 15 is 0 Å². The van der Waals surface area contributed by atoms with E-state index in [2.05, 4.69) is 0 Å². The smallest absolute Gasteiger partial charge is 0.407 e. The highest BCUT2D eigenvalue weighted by molar-refractivity contribution is 5.68. The van der Waals surface area contributed by atoms with E-state index in [9.17, 15) is 9.59 Å². The van der Waals surface area contributed by atoms with Crippen LogP contribution in [0.25, 0.3) is 0 Å². The molecule has 1 atom stereocenters. The Kier molecular flexibility index (Phi) is 3.70. The van der Waals surface area contributed by atoms with Gasteiger partial charge in [-0.15, -0.1) is 0 Å². The summed E-state index contributed by atoms with van der Waals surface area (Å²) in [4.78, 5) is 22.1. The molecule has 2 N–H and O–H groups in total. The molecule has 0 aromatic carbocycles. The number of ether oxygens (including phenoxy) is 1. The third-order valence-corrected chi connectivity index (χ3v) is 2.16. The Hall–Kier alpha value is -1.30. The predicted molar refractivity (Wildman–Crippen MR) is 46.2 cm³/mol. The molecule has 0 radical (unpaired) electrons. The Bertz CT molecular complexity index is 230. The van der Waals surface area contributed by atoms with Crippen LogP contribution in [0.15, 0.2) is 0 Å². The van der Waals surface area contributed by atoms with Crippen LogP contribution in [0.2, 0.25) is 0 Å². The number of carbonyl (C=O) groups is 2. The number of amides is 1. The van der Waals surface area contributed by atoms with E-state index in [-0.39, 0.29) is 19.3 Å². The molecule has 1 saturated heterocycles. The average molecular weight is 203 g/mol. The Morgan fingerprint density at radius 1 is 1.43 bits per heavy atom. The molecule has 1 rings (SSSR count). The first-order valence-electron chi connectivity index (χ1n) is 4.40. The second-order valence-electron chi connectivity index (χ2n) is 3.18. The number of hydrogen-bond donors (Lipinski definition) is 2. The molecule has 1 heterocycles. The van der Waals surface area contributed by atoms with Gasteiger partial charge in [0.15, 0.2) is 0 Å². The van der Waals surface area contributed by atoms with Crippen LogP contribution in [0.1, 0.15) is 12.8 Å². The maximum absolute atomic E-state index is 10.7. The molecule has 0 saturated carbocycles. The fraction of sp³-hybridized carbons (Fsp3) is 0.750. The van der Waals surface area contributed by atoms with Crippen molar-refractivity contribution in [2.24, 2.45) is 0 Å². The van der Waals surface area contributed by atoms with Crippen LogP contribution < -0.4 is 0 Å². The van der Waals surface area contributed by atoms with Gasteiger partial charge in [0.2, 0.25) is 0 Å². The molecule has 1 aliphatic heterocycles. The molecule has 0 spiro atoms. The number of carboxylic acid groups (broad SMARTS) is 2. The molecule has 0 aromatic heterocycles. The van der Waals surface area contributed by atoms with Crippen LogP contribution in [0.3, 0.4) is 0 Å². The zero-order chi connectivity index (χ0) is 10.6. The summed E-state index contributed by atoms with van der Waals surface area (Å²) in [5, 5.41) is 17.1. The van der Waals surface area contributed by atoms with Crippen molar-refractivity contribution >= 4 is 12.1 Å². The highest BCUT2D eigenvalue weighted by atomic mass is 16.5. The van der Waals surface area contributed by atoms with E-state index < -0.39 is 12.1 Å². The average Bonchev–Trinajstić information content (AvgIpc) is 2.51. The Balaban J connectivity index is 2.29. The van der Waals surface area contributed by atoms with Gasteiger partial charge in [-0.2, -0.15) is 0 Å². The Morgan fingerprint density at radius 2 is 2.14 bits per heavy atom. The standard InChI is InChI=1S/C8H13NO5/c10-7(11)5-14-4-6-2-1-3-9(6)8(12)13/h6H,1-5H2,(H,10,11)(H,12,13)/t6-/m0/s1. The van der Waals surface area contributed by atoms with Gasteiger partial charge in [-0.3, -0.25) is 0 Å². The van der Waals surface area contributed by atoms with Crippen molar-refractivity contribution in [3.05, 3.63) is 0 Å². The lowest BCUT2D eigenvalue weighted by molar-refractivity contribution is -0.142. The zero-order valence-corrected chi connectivity index (χ0v) is 7.68. The second kappa shape index (κ2) is 4.80. The normalized spacial score (nSPS) is 21.1. The quantitative estimate of drug-likeness (QED) is 0.682. The first kappa shape index (κ1) is 10.8. The first-order valence-corrected chi connectivity index (χ1v) is 4.40. The molecule has 0 bridgehead atoms. The van der Waals surface area contributed by atoms with Crippen molar-refractivity contribution in [2.45, 2.75) is 18.9 Å². The lowest BCUT2D eigenvalue weighted by Gasteiger charge is -2.20. The van der Waals surface area contributed by atoms with Crippen LogP contribution in [0, 0.1) is 0 Å². The molecule has 0 unspecified atom stereocenters. The number of rotatable bonds is 4. The summed E-state index contributed by atoms with van der Waals surface area (Å²) in [6, 6.07) is -0.188. The van der Waals surface area contributed by atoms with E-state index in [1.54, 1.807) is 0 Å². The minimum atomic E-state index is -1.04. The van der Waals surface area contributed by atoms with Crippen LogP contribution >= 0.6 is 0 Å². The van der Waals surface area contributed by atoms with Crippen molar-refractivity contribution in [1.82, 2.24) is 4.90 Å². The number of carboxylic acids is 1. The third kappa shape index (κ3) is 2.88. The molecule has 80 valence electrons. The monoisotopic (exact) mass is 203 g/mol. The van der Waals surface area contributed by atoms with Crippen LogP contribution in [0.5, 0.6) is 0 Å². The van der Waals surface area contributed by atoms with Gasteiger partial charge in [-0.25, -0.2) is 9.59 Å². The van der Waals surface area contributed by atoms with Crippen molar-refractivity contribution in [3.8, 4) is 0 Å². The minimum Gasteiger partial charge on any atom is -0.480 e. The maximum Gasteiger partial charge on any atom is 0.407 e. The van der Waals surface area contributed by atoms with Gasteiger partial charge in [-0.05, 0) is 12.8 Å². The van der Waals surface area contributed by atoms with E-state index in [0.717, 1.165) is 12.8 Å². The van der Waals surface area contributed by atoms with Gasteiger partial charge in [-0.1, -0.05) is 0 Å². The molecule has 6 heteroatoms. The minimum absolute atomic E-state index is 0.165. The van der Waals surface area contributed by atoms with E-state index in [1.165, 1.54) is 4.90 Å². The molecule has 1 amide bonds. The fourth-order valence-electron chi connectivity index (χ4n) is 1.54. The summed E-state index contributed by atoms with van der Waals surface area (Å²) in [6.07, 6.45) is 0.589. The molecular formula is C8H13NO5. The molecule has 1 aliphatic rings. The van der Waals surface area contributed by atoms with Crippen molar-refractivity contribution in [2.75, 3.05) is 19.8 Å². The van der Waals surface area contributed by atoms with E-state index in [0.29, 0.717) is 6.54 Å². The summed E-state index contributed by atoms with van der Waals surface area (Å²) in [5.41, 5.74) is 0. The highest BCUT2D eigenvalue weighted by Crippen LogP contribution is 2.17. The molecule has 0 aromatic rings. The van der Waals surface area contributed by atoms with Gasteiger partial charge >= 0.3 is 12.1 Å². The first-order chi connectivity index (χ1) is 6.61. The van der Waals surface area contributed by atoms with Gasteiger partial charge in [0, 0.05) is 6.54 Å². The van der Waals surface area contributed by atoms with Crippen molar-refractivity contribution in [1.29, 1.82) is 0 Å². The maximum atomic E-state index is 10.7. The van der Waals surface area contributed by atoms with Crippen molar-refractivity contribution < 1.29 is 24.5 Å². The summed E-state index contributed by atoms with van der Waals surface area (Å²) in [5.74, 6) is -1.04. The zero-order valence-electron chi connectivity index (χ0n) is 7.68. The number of likely N-dealkylation sites (tertiary alicyclic amines) is 1. The van der Waals surface area contributed by atoms with Gasteiger partial charge in [0.1, 0.15) is 6.61 Å². The second-order valence-corrected chi connectivity index (χ2v) is 3.18. The predicted octanol–water partition coefficient (Wildman–Crippen LogP) is 0.230. The topological polar surface area (TPSA) is 87.1 Å². The van der Waals surface area contributed by atoms with Gasteiger partial charge < -0.3 is 19.8 Å². The molecule has 6 nitrogen and oxygen atoms in total. The van der Waals surface area contributed by atoms with Crippen LogP contribution in [0.4, 0.5) is 4.79 Å². The van der Waals surface area contributed by atoms with Gasteiger partial charge in [0.05, 0.1) is 12.6 Å². The fourth-order valence-corrected chi connectivity index (χ4v) is 1.54. The molecular weight excluding hydrogens is 190 g/mol. The largest absolute Gasteiger partial charge is 0.480 e. The van der Waals surface area contributed by atoms with Crippen LogP contribution in [-0.2, 0) is 9.53 Å². The highest BCUT2D eigenvalue weighted by Gasteiger charge is 2.28. The summed E-state index contributed by atoms with van der Waals surface area (Å²) in [6.45, 7) is 0.305. The lowest BCUT2D eigenvalue weighted by Crippen LogP contribution is -2.37. The summed E-state index contributed by atoms with van der Waals surface area (Å²) >= 11 is 0. The summed E-state index contributed by atoms with van der Waals surface area (Å²) in [7, 11) is 0.